The first-order valence-electron chi connectivity index (χ1n) is 5.82. The van der Waals surface area contributed by atoms with E-state index >= 15 is 0 Å². The molecule has 1 aliphatic rings. The van der Waals surface area contributed by atoms with Gasteiger partial charge in [0, 0.05) is 6.20 Å². The minimum atomic E-state index is -0.521. The first-order chi connectivity index (χ1) is 9.15. The number of pyridine rings is 1. The highest BCUT2D eigenvalue weighted by Gasteiger charge is 2.11. The Hall–Kier alpha value is -2.08. The first-order valence-corrected chi connectivity index (χ1v) is 6.20. The van der Waals surface area contributed by atoms with E-state index in [1.165, 1.54) is 6.20 Å². The van der Waals surface area contributed by atoms with Crippen LogP contribution in [0.15, 0.2) is 35.5 Å². The second-order valence-corrected chi connectivity index (χ2v) is 4.43. The molecule has 0 saturated carbocycles. The van der Waals surface area contributed by atoms with Gasteiger partial charge in [-0.3, -0.25) is 10.6 Å². The summed E-state index contributed by atoms with van der Waals surface area (Å²) < 4.78 is 0. The Morgan fingerprint density at radius 3 is 2.89 bits per heavy atom. The fourth-order valence-corrected chi connectivity index (χ4v) is 1.84. The number of amides is 2. The van der Waals surface area contributed by atoms with Crippen molar-refractivity contribution < 1.29 is 4.79 Å². The minimum Gasteiger partial charge on any atom is -0.370 e. The van der Waals surface area contributed by atoms with Crippen LogP contribution in [0.25, 0.3) is 0 Å². The fourth-order valence-electron chi connectivity index (χ4n) is 1.67. The van der Waals surface area contributed by atoms with Gasteiger partial charge in [0.1, 0.15) is 0 Å². The van der Waals surface area contributed by atoms with Gasteiger partial charge >= 0.3 is 6.03 Å². The van der Waals surface area contributed by atoms with Gasteiger partial charge in [0.05, 0.1) is 11.1 Å². The monoisotopic (exact) mass is 279 g/mol. The number of nitrogens with zero attached hydrogens (tertiary/aromatic N) is 2. The van der Waals surface area contributed by atoms with E-state index in [0.29, 0.717) is 5.02 Å². The molecule has 7 heteroatoms. The van der Waals surface area contributed by atoms with Gasteiger partial charge in [-0.2, -0.15) is 0 Å². The molecule has 100 valence electrons. The third-order valence-corrected chi connectivity index (χ3v) is 2.84. The van der Waals surface area contributed by atoms with Gasteiger partial charge in [-0.1, -0.05) is 23.8 Å². The number of halogens is 1. The second-order valence-electron chi connectivity index (χ2n) is 4.02. The summed E-state index contributed by atoms with van der Waals surface area (Å²) in [5, 5.41) is 5.28. The normalized spacial score (nSPS) is 15.5. The molecule has 0 aliphatic heterocycles. The summed E-state index contributed by atoms with van der Waals surface area (Å²) in [5.74, 6) is 0.357. The highest BCUT2D eigenvalue weighted by Crippen LogP contribution is 2.17. The van der Waals surface area contributed by atoms with Crippen LogP contribution < -0.4 is 16.4 Å². The molecule has 0 spiro atoms. The second kappa shape index (κ2) is 6.19. The molecule has 0 bridgehead atoms. The van der Waals surface area contributed by atoms with Crippen LogP contribution in [0.4, 0.5) is 10.6 Å². The lowest BCUT2D eigenvalue weighted by atomic mass is 10.2. The number of guanidine groups is 1. The van der Waals surface area contributed by atoms with Crippen LogP contribution in [0.3, 0.4) is 0 Å². The average molecular weight is 280 g/mol. The summed E-state index contributed by atoms with van der Waals surface area (Å²) in [6, 6.07) is 2.90. The van der Waals surface area contributed by atoms with Crippen molar-refractivity contribution >= 4 is 29.4 Å². The Balaban J connectivity index is 1.89. The molecule has 0 fully saturated rings. The number of rotatable bonds is 2. The molecule has 6 nitrogen and oxygen atoms in total. The van der Waals surface area contributed by atoms with Gasteiger partial charge in [-0.05, 0) is 25.0 Å². The van der Waals surface area contributed by atoms with E-state index in [1.807, 2.05) is 12.2 Å². The van der Waals surface area contributed by atoms with Crippen LogP contribution in [-0.4, -0.2) is 23.0 Å². The molecule has 4 N–H and O–H groups in total. The molecule has 1 heterocycles. The summed E-state index contributed by atoms with van der Waals surface area (Å²) >= 11 is 5.87. The molecule has 2 amide bonds. The van der Waals surface area contributed by atoms with E-state index in [1.54, 1.807) is 12.1 Å². The largest absolute Gasteiger partial charge is 0.370 e. The van der Waals surface area contributed by atoms with E-state index in [4.69, 9.17) is 17.3 Å². The lowest BCUT2D eigenvalue weighted by molar-refractivity contribution is 0.256. The molecule has 1 aliphatic carbocycles. The van der Waals surface area contributed by atoms with Crippen LogP contribution in [0.5, 0.6) is 0 Å². The summed E-state index contributed by atoms with van der Waals surface area (Å²) in [6.45, 7) is 0. The Bertz CT molecular complexity index is 521. The highest BCUT2D eigenvalue weighted by molar-refractivity contribution is 6.33. The number of hydrogen-bond acceptors (Lipinski definition) is 3. The SMILES string of the molecule is NC(=NC1CC=CC1)NC(=O)Nc1ncccc1Cl. The van der Waals surface area contributed by atoms with Crippen molar-refractivity contribution in [3.05, 3.63) is 35.5 Å². The van der Waals surface area contributed by atoms with Crippen molar-refractivity contribution in [3.8, 4) is 0 Å². The van der Waals surface area contributed by atoms with E-state index in [9.17, 15) is 4.79 Å². The molecule has 0 aromatic carbocycles. The maximum absolute atomic E-state index is 11.7. The fraction of sp³-hybridized carbons (Fsp3) is 0.250. The van der Waals surface area contributed by atoms with E-state index in [0.717, 1.165) is 12.8 Å². The predicted molar refractivity (Wildman–Crippen MR) is 75.2 cm³/mol. The van der Waals surface area contributed by atoms with Crippen molar-refractivity contribution in [2.75, 3.05) is 5.32 Å². The lowest BCUT2D eigenvalue weighted by Crippen LogP contribution is -2.40. The molecule has 0 atom stereocenters. The number of carbonyl (C=O) groups excluding carboxylic acids is 1. The predicted octanol–water partition coefficient (Wildman–Crippen LogP) is 1.89. The number of aliphatic imine (C=N–C) groups is 1. The number of hydrogen-bond donors (Lipinski definition) is 3. The minimum absolute atomic E-state index is 0.0817. The number of anilines is 1. The lowest BCUT2D eigenvalue weighted by Gasteiger charge is -2.09. The third kappa shape index (κ3) is 3.96. The van der Waals surface area contributed by atoms with Gasteiger partial charge in [0.25, 0.3) is 0 Å². The summed E-state index contributed by atoms with van der Waals surface area (Å²) in [5.41, 5.74) is 5.64. The molecular weight excluding hydrogens is 266 g/mol. The number of carbonyl (C=O) groups is 1. The van der Waals surface area contributed by atoms with E-state index in [-0.39, 0.29) is 17.8 Å². The number of urea groups is 1. The van der Waals surface area contributed by atoms with Crippen LogP contribution in [-0.2, 0) is 0 Å². The van der Waals surface area contributed by atoms with Crippen LogP contribution in [0, 0.1) is 0 Å². The standard InChI is InChI=1S/C12H14ClN5O/c13-9-6-3-7-15-10(9)17-12(19)18-11(14)16-8-4-1-2-5-8/h1-3,6-8H,4-5H2,(H4,14,15,16,17,18,19). The molecule has 0 saturated heterocycles. The number of nitrogens with one attached hydrogen (secondary N) is 2. The zero-order valence-corrected chi connectivity index (χ0v) is 10.9. The topological polar surface area (TPSA) is 92.4 Å². The summed E-state index contributed by atoms with van der Waals surface area (Å²) in [7, 11) is 0. The van der Waals surface area contributed by atoms with Gasteiger partial charge < -0.3 is 5.73 Å². The maximum atomic E-state index is 11.7. The smallest absolute Gasteiger partial charge is 0.327 e. The van der Waals surface area contributed by atoms with Crippen LogP contribution >= 0.6 is 11.6 Å². The first kappa shape index (κ1) is 13.4. The number of nitrogens with two attached hydrogens (primary N) is 1. The Morgan fingerprint density at radius 2 is 2.21 bits per heavy atom. The molecular formula is C12H14ClN5O. The summed E-state index contributed by atoms with van der Waals surface area (Å²) in [4.78, 5) is 19.8. The van der Waals surface area contributed by atoms with E-state index < -0.39 is 6.03 Å². The van der Waals surface area contributed by atoms with Gasteiger partial charge in [0.2, 0.25) is 0 Å². The van der Waals surface area contributed by atoms with Crippen molar-refractivity contribution in [1.29, 1.82) is 0 Å². The molecule has 2 rings (SSSR count). The Morgan fingerprint density at radius 1 is 1.47 bits per heavy atom. The maximum Gasteiger partial charge on any atom is 0.327 e. The van der Waals surface area contributed by atoms with Gasteiger partial charge in [-0.15, -0.1) is 0 Å². The summed E-state index contributed by atoms with van der Waals surface area (Å²) in [6.07, 6.45) is 7.29. The zero-order valence-electron chi connectivity index (χ0n) is 10.1. The van der Waals surface area contributed by atoms with Crippen molar-refractivity contribution in [3.63, 3.8) is 0 Å². The van der Waals surface area contributed by atoms with Gasteiger partial charge in [0.15, 0.2) is 11.8 Å². The molecule has 0 radical (unpaired) electrons. The molecule has 1 aromatic rings. The zero-order chi connectivity index (χ0) is 13.7. The van der Waals surface area contributed by atoms with Crippen molar-refractivity contribution in [2.45, 2.75) is 18.9 Å². The van der Waals surface area contributed by atoms with Crippen LogP contribution in [0.1, 0.15) is 12.8 Å². The van der Waals surface area contributed by atoms with E-state index in [2.05, 4.69) is 20.6 Å². The van der Waals surface area contributed by atoms with Gasteiger partial charge in [-0.25, -0.2) is 14.8 Å². The molecule has 1 aromatic heterocycles. The average Bonchev–Trinajstić information content (AvgIpc) is 2.84. The number of aromatic nitrogens is 1. The van der Waals surface area contributed by atoms with Crippen molar-refractivity contribution in [1.82, 2.24) is 10.3 Å². The van der Waals surface area contributed by atoms with Crippen LogP contribution in [0.2, 0.25) is 5.02 Å². The Labute approximate surface area is 115 Å². The molecule has 0 unspecified atom stereocenters. The Kier molecular flexibility index (Phi) is 4.35. The third-order valence-electron chi connectivity index (χ3n) is 2.54. The highest BCUT2D eigenvalue weighted by atomic mass is 35.5. The quantitative estimate of drug-likeness (QED) is 0.438. The van der Waals surface area contributed by atoms with Crippen molar-refractivity contribution in [2.24, 2.45) is 10.7 Å². The molecule has 19 heavy (non-hydrogen) atoms.